The van der Waals surface area contributed by atoms with Gasteiger partial charge < -0.3 is 0 Å². The topological polar surface area (TPSA) is 54.5 Å². The molecule has 1 rings (SSSR count). The average Bonchev–Trinajstić information content (AvgIpc) is 2.39. The summed E-state index contributed by atoms with van der Waals surface area (Å²) in [5.74, 6) is 1.77. The summed E-state index contributed by atoms with van der Waals surface area (Å²) >= 11 is 0. The first-order valence-corrected chi connectivity index (χ1v) is 4.49. The molecule has 0 radical (unpaired) electrons. The fraction of sp³-hybridized carbons (Fsp3) is 0.667. The van der Waals surface area contributed by atoms with Gasteiger partial charge in [-0.25, -0.2) is 4.98 Å². The quantitative estimate of drug-likeness (QED) is 0.658. The molecule has 70 valence electrons. The lowest BCUT2D eigenvalue weighted by molar-refractivity contribution is 0.545. The predicted octanol–water partition coefficient (Wildman–Crippen LogP) is 1.59. The second-order valence-corrected chi connectivity index (χ2v) is 3.04. The minimum atomic E-state index is 0.632. The van der Waals surface area contributed by atoms with Gasteiger partial charge in [-0.05, 0) is 26.7 Å². The van der Waals surface area contributed by atoms with Gasteiger partial charge in [-0.2, -0.15) is 10.4 Å². The van der Waals surface area contributed by atoms with Gasteiger partial charge in [0.25, 0.3) is 0 Å². The lowest BCUT2D eigenvalue weighted by atomic mass is 10.2. The van der Waals surface area contributed by atoms with Crippen molar-refractivity contribution in [1.29, 1.82) is 5.26 Å². The van der Waals surface area contributed by atoms with Crippen LogP contribution in [0.4, 0.5) is 0 Å². The van der Waals surface area contributed by atoms with Crippen molar-refractivity contribution in [2.45, 2.75) is 39.7 Å². The highest BCUT2D eigenvalue weighted by molar-refractivity contribution is 4.87. The monoisotopic (exact) mass is 178 g/mol. The van der Waals surface area contributed by atoms with Gasteiger partial charge in [0.1, 0.15) is 11.6 Å². The fourth-order valence-electron chi connectivity index (χ4n) is 1.24. The van der Waals surface area contributed by atoms with Gasteiger partial charge in [-0.1, -0.05) is 0 Å². The van der Waals surface area contributed by atoms with Crippen LogP contribution in [0.3, 0.4) is 0 Å². The Bertz CT molecular complexity index is 308. The molecular weight excluding hydrogens is 164 g/mol. The van der Waals surface area contributed by atoms with Crippen LogP contribution in [0.2, 0.25) is 0 Å². The van der Waals surface area contributed by atoms with E-state index >= 15 is 0 Å². The molecule has 0 amide bonds. The molecule has 0 fully saturated rings. The van der Waals surface area contributed by atoms with Gasteiger partial charge in [0.15, 0.2) is 0 Å². The van der Waals surface area contributed by atoms with Gasteiger partial charge in [0.05, 0.1) is 6.07 Å². The second-order valence-electron chi connectivity index (χ2n) is 3.04. The lowest BCUT2D eigenvalue weighted by Crippen LogP contribution is -2.02. The third-order valence-corrected chi connectivity index (χ3v) is 1.87. The molecule has 13 heavy (non-hydrogen) atoms. The maximum Gasteiger partial charge on any atom is 0.147 e. The predicted molar refractivity (Wildman–Crippen MR) is 49.0 cm³/mol. The number of aryl methyl sites for hydroxylation is 3. The largest absolute Gasteiger partial charge is 0.250 e. The Kier molecular flexibility index (Phi) is 3.44. The third kappa shape index (κ3) is 2.86. The van der Waals surface area contributed by atoms with E-state index in [2.05, 4.69) is 16.2 Å². The van der Waals surface area contributed by atoms with E-state index in [1.54, 1.807) is 0 Å². The minimum Gasteiger partial charge on any atom is -0.250 e. The standard InChI is InChI=1S/C9H14N4/c1-8-11-9(2)13(12-8)7-5-3-4-6-10/h3-5,7H2,1-2H3. The van der Waals surface area contributed by atoms with Crippen molar-refractivity contribution in [3.8, 4) is 6.07 Å². The van der Waals surface area contributed by atoms with Gasteiger partial charge in [0, 0.05) is 13.0 Å². The Balaban J connectivity index is 2.37. The Labute approximate surface area is 78.2 Å². The molecule has 0 aliphatic heterocycles. The van der Waals surface area contributed by atoms with Gasteiger partial charge in [0.2, 0.25) is 0 Å². The molecular formula is C9H14N4. The highest BCUT2D eigenvalue weighted by Gasteiger charge is 2.00. The molecule has 0 saturated carbocycles. The van der Waals surface area contributed by atoms with Crippen molar-refractivity contribution >= 4 is 0 Å². The summed E-state index contributed by atoms with van der Waals surface area (Å²) in [4.78, 5) is 4.20. The van der Waals surface area contributed by atoms with E-state index in [0.29, 0.717) is 6.42 Å². The van der Waals surface area contributed by atoms with Crippen molar-refractivity contribution in [3.05, 3.63) is 11.6 Å². The summed E-state index contributed by atoms with van der Waals surface area (Å²) in [6.07, 6.45) is 2.57. The van der Waals surface area contributed by atoms with Crippen molar-refractivity contribution in [2.75, 3.05) is 0 Å². The molecule has 1 aromatic heterocycles. The highest BCUT2D eigenvalue weighted by atomic mass is 15.3. The summed E-state index contributed by atoms with van der Waals surface area (Å²) in [5, 5.41) is 12.6. The summed E-state index contributed by atoms with van der Waals surface area (Å²) < 4.78 is 1.90. The van der Waals surface area contributed by atoms with E-state index in [4.69, 9.17) is 5.26 Å². The number of aromatic nitrogens is 3. The summed E-state index contributed by atoms with van der Waals surface area (Å²) in [7, 11) is 0. The van der Waals surface area contributed by atoms with Crippen LogP contribution < -0.4 is 0 Å². The van der Waals surface area contributed by atoms with Crippen LogP contribution in [0, 0.1) is 25.2 Å². The average molecular weight is 178 g/mol. The first kappa shape index (κ1) is 9.72. The normalized spacial score (nSPS) is 9.92. The van der Waals surface area contributed by atoms with Crippen molar-refractivity contribution in [1.82, 2.24) is 14.8 Å². The maximum atomic E-state index is 8.34. The fourth-order valence-corrected chi connectivity index (χ4v) is 1.24. The minimum absolute atomic E-state index is 0.632. The Morgan fingerprint density at radius 3 is 2.69 bits per heavy atom. The Morgan fingerprint density at radius 2 is 2.15 bits per heavy atom. The van der Waals surface area contributed by atoms with Crippen LogP contribution in [-0.2, 0) is 6.54 Å². The van der Waals surface area contributed by atoms with Gasteiger partial charge >= 0.3 is 0 Å². The van der Waals surface area contributed by atoms with Crippen LogP contribution in [0.25, 0.3) is 0 Å². The third-order valence-electron chi connectivity index (χ3n) is 1.87. The molecule has 4 nitrogen and oxygen atoms in total. The molecule has 0 N–H and O–H groups in total. The first-order valence-electron chi connectivity index (χ1n) is 4.49. The lowest BCUT2D eigenvalue weighted by Gasteiger charge is -2.00. The number of nitriles is 1. The number of rotatable bonds is 4. The highest BCUT2D eigenvalue weighted by Crippen LogP contribution is 2.01. The molecule has 0 unspecified atom stereocenters. The molecule has 1 aromatic rings. The zero-order valence-electron chi connectivity index (χ0n) is 8.12. The van der Waals surface area contributed by atoms with E-state index in [1.807, 2.05) is 18.5 Å². The molecule has 0 aliphatic rings. The molecule has 0 spiro atoms. The zero-order chi connectivity index (χ0) is 9.68. The van der Waals surface area contributed by atoms with Crippen LogP contribution in [0.1, 0.15) is 30.9 Å². The summed E-state index contributed by atoms with van der Waals surface area (Å²) in [6, 6.07) is 2.13. The molecule has 1 heterocycles. The smallest absolute Gasteiger partial charge is 0.147 e. The number of unbranched alkanes of at least 4 members (excludes halogenated alkanes) is 2. The Hall–Kier alpha value is -1.37. The van der Waals surface area contributed by atoms with Gasteiger partial charge in [-0.15, -0.1) is 0 Å². The van der Waals surface area contributed by atoms with Crippen LogP contribution in [0.5, 0.6) is 0 Å². The summed E-state index contributed by atoms with van der Waals surface area (Å²) in [6.45, 7) is 4.71. The first-order chi connectivity index (χ1) is 6.24. The number of nitrogens with zero attached hydrogens (tertiary/aromatic N) is 4. The van der Waals surface area contributed by atoms with Crippen LogP contribution in [-0.4, -0.2) is 14.8 Å². The van der Waals surface area contributed by atoms with Crippen molar-refractivity contribution < 1.29 is 0 Å². The van der Waals surface area contributed by atoms with Crippen molar-refractivity contribution in [3.63, 3.8) is 0 Å². The second kappa shape index (κ2) is 4.61. The molecule has 4 heteroatoms. The van der Waals surface area contributed by atoms with Crippen molar-refractivity contribution in [2.24, 2.45) is 0 Å². The van der Waals surface area contributed by atoms with E-state index < -0.39 is 0 Å². The van der Waals surface area contributed by atoms with E-state index in [-0.39, 0.29) is 0 Å². The molecule has 0 bridgehead atoms. The number of hydrogen-bond donors (Lipinski definition) is 0. The van der Waals surface area contributed by atoms with E-state index in [1.165, 1.54) is 0 Å². The molecule has 0 saturated heterocycles. The van der Waals surface area contributed by atoms with E-state index in [9.17, 15) is 0 Å². The Morgan fingerprint density at radius 1 is 1.38 bits per heavy atom. The SMILES string of the molecule is Cc1nc(C)n(CCCCC#N)n1. The van der Waals surface area contributed by atoms with E-state index in [0.717, 1.165) is 31.0 Å². The number of hydrogen-bond acceptors (Lipinski definition) is 3. The zero-order valence-corrected chi connectivity index (χ0v) is 8.12. The molecule has 0 atom stereocenters. The molecule has 0 aliphatic carbocycles. The molecule has 0 aromatic carbocycles. The summed E-state index contributed by atoms with van der Waals surface area (Å²) in [5.41, 5.74) is 0. The van der Waals surface area contributed by atoms with Gasteiger partial charge in [-0.3, -0.25) is 4.68 Å². The maximum absolute atomic E-state index is 8.34. The van der Waals surface area contributed by atoms with Crippen LogP contribution in [0.15, 0.2) is 0 Å². The van der Waals surface area contributed by atoms with Crippen LogP contribution >= 0.6 is 0 Å².